The van der Waals surface area contributed by atoms with Crippen LogP contribution < -0.4 is 35.1 Å². The molecule has 196 valence electrons. The van der Waals surface area contributed by atoms with Gasteiger partial charge in [0.25, 0.3) is 11.7 Å². The quantitative estimate of drug-likeness (QED) is 0.0509. The Bertz CT molecular complexity index is 1280. The summed E-state index contributed by atoms with van der Waals surface area (Å²) in [7, 11) is 0.988. The number of H-pyrrole nitrogens is 2. The number of rotatable bonds is 7. The second-order valence-corrected chi connectivity index (χ2v) is 7.10. The van der Waals surface area contributed by atoms with E-state index >= 15 is 0 Å². The van der Waals surface area contributed by atoms with Crippen molar-refractivity contribution < 1.29 is 53.7 Å². The molecule has 23 heteroatoms. The molecular formula is C14H20N12NaO8S2+. The summed E-state index contributed by atoms with van der Waals surface area (Å²) in [6.07, 6.45) is 3.60. The fourth-order valence-electron chi connectivity index (χ4n) is 1.85. The van der Waals surface area contributed by atoms with Crippen LogP contribution in [-0.2, 0) is 14.3 Å². The topological polar surface area (TPSA) is 283 Å². The van der Waals surface area contributed by atoms with Gasteiger partial charge in [0.2, 0.25) is 10.9 Å². The molecule has 0 radical (unpaired) electrons. The largest absolute Gasteiger partial charge is 1.00 e. The first kappa shape index (κ1) is 35.8. The number of aromatic amines is 2. The fourth-order valence-corrected chi connectivity index (χ4v) is 2.52. The summed E-state index contributed by atoms with van der Waals surface area (Å²) in [6, 6.07) is -1.88. The number of nitrogens with zero attached hydrogens (tertiary/aromatic N) is 9. The number of Topliss-reactive ketones (excluding diaryl/α,β-unsaturated/α-hetero) is 1. The molecular weight excluding hydrogens is 551 g/mol. The Balaban J connectivity index is 0. The number of ether oxygens (including phenoxy) is 1. The van der Waals surface area contributed by atoms with Crippen molar-refractivity contribution in [1.29, 1.82) is 5.53 Å². The van der Waals surface area contributed by atoms with E-state index in [2.05, 4.69) is 45.3 Å². The molecule has 3 N–H and O–H groups in total. The summed E-state index contributed by atoms with van der Waals surface area (Å²) in [4.78, 5) is 58.6. The van der Waals surface area contributed by atoms with Crippen LogP contribution in [0, 0.1) is 25.8 Å². The predicted octanol–water partition coefficient (Wildman–Crippen LogP) is -2.33. The van der Waals surface area contributed by atoms with Crippen LogP contribution in [0.5, 0.6) is 0 Å². The molecule has 0 fully saturated rings. The van der Waals surface area contributed by atoms with Crippen molar-refractivity contribution in [3.8, 4) is 0 Å². The van der Waals surface area contributed by atoms with Gasteiger partial charge in [0, 0.05) is 16.9 Å². The van der Waals surface area contributed by atoms with E-state index in [1.54, 1.807) is 6.26 Å². The molecule has 0 bridgehead atoms. The molecule has 0 amide bonds. The molecule has 1 atom stereocenters. The van der Waals surface area contributed by atoms with Crippen molar-refractivity contribution in [2.45, 2.75) is 30.7 Å². The first-order chi connectivity index (χ1) is 16.5. The van der Waals surface area contributed by atoms with Crippen molar-refractivity contribution in [2.75, 3.05) is 19.6 Å². The molecule has 0 saturated heterocycles. The zero-order chi connectivity index (χ0) is 26.7. The first-order valence-electron chi connectivity index (χ1n) is 8.60. The van der Waals surface area contributed by atoms with E-state index in [4.69, 9.17) is 5.53 Å². The first-order valence-corrected chi connectivity index (χ1v) is 11.0. The van der Waals surface area contributed by atoms with E-state index in [1.807, 2.05) is 6.26 Å². The monoisotopic (exact) mass is 571 g/mol. The predicted molar refractivity (Wildman–Crippen MR) is 123 cm³/mol. The third kappa shape index (κ3) is 10.3. The molecule has 3 aromatic heterocycles. The standard InChI is InChI=1S/C5H4N6O3S.C5H7NO5.C3H5N5S.CH4.Na/c1-15-5-6-4-8-7-2(11(13)14)3(12)10(4)9-5;1-3(7)4(6(9)10)5(8)11-2;1-9-3-5-2(6-4)7-8-3;;/h1H3,(H,6,8,9);4H,1-2H3;4H,1H3,(H,5,7,8);1H4;/q;;;;+1. The van der Waals surface area contributed by atoms with Crippen LogP contribution in [0.15, 0.2) is 20.2 Å². The number of carbonyl (C=O) groups excluding carboxylic acids is 2. The van der Waals surface area contributed by atoms with Gasteiger partial charge < -0.3 is 14.9 Å². The number of hydrogen-bond donors (Lipinski definition) is 3. The summed E-state index contributed by atoms with van der Waals surface area (Å²) < 4.78 is 4.92. The molecule has 20 nitrogen and oxygen atoms in total. The fraction of sp³-hybridized carbons (Fsp3) is 0.429. The summed E-state index contributed by atoms with van der Waals surface area (Å²) >= 11 is 2.66. The number of esters is 1. The SMILES string of the molecule is C.COC(=O)C(C(C)=O)[N+](=O)[O-].CSc1n[nH]c(N=N)n1.CSc1nc2nnc([N+](=O)[O-])c(=O)n2[nH]1.[Na+]. The van der Waals surface area contributed by atoms with Gasteiger partial charge in [0.1, 0.15) is 0 Å². The molecule has 3 aromatic rings. The van der Waals surface area contributed by atoms with E-state index in [1.165, 1.54) is 23.5 Å². The maximum absolute atomic E-state index is 11.4. The zero-order valence-electron chi connectivity index (χ0n) is 19.2. The van der Waals surface area contributed by atoms with Crippen molar-refractivity contribution in [3.63, 3.8) is 0 Å². The summed E-state index contributed by atoms with van der Waals surface area (Å²) in [5.41, 5.74) is 5.64. The second kappa shape index (κ2) is 17.2. The number of thioether (sulfide) groups is 2. The molecule has 1 unspecified atom stereocenters. The van der Waals surface area contributed by atoms with Crippen LogP contribution in [0.25, 0.3) is 5.78 Å². The van der Waals surface area contributed by atoms with Crippen molar-refractivity contribution in [2.24, 2.45) is 5.11 Å². The van der Waals surface area contributed by atoms with Crippen LogP contribution in [0.3, 0.4) is 0 Å². The Morgan fingerprint density at radius 2 is 1.81 bits per heavy atom. The van der Waals surface area contributed by atoms with Gasteiger partial charge in [-0.3, -0.25) is 24.8 Å². The van der Waals surface area contributed by atoms with Crippen molar-refractivity contribution >= 4 is 52.8 Å². The minimum atomic E-state index is -1.88. The third-order valence-electron chi connectivity index (χ3n) is 3.37. The van der Waals surface area contributed by atoms with Crippen molar-refractivity contribution in [1.82, 2.24) is 40.0 Å². The van der Waals surface area contributed by atoms with Crippen LogP contribution >= 0.6 is 23.5 Å². The van der Waals surface area contributed by atoms with Gasteiger partial charge in [-0.1, -0.05) is 31.0 Å². The Labute approximate surface area is 237 Å². The van der Waals surface area contributed by atoms with Crippen LogP contribution in [0.1, 0.15) is 14.4 Å². The number of nitro groups is 2. The van der Waals surface area contributed by atoms with Gasteiger partial charge in [0.15, 0.2) is 5.16 Å². The maximum atomic E-state index is 11.4. The Kier molecular flexibility index (Phi) is 16.6. The van der Waals surface area contributed by atoms with Gasteiger partial charge >= 0.3 is 52.9 Å². The number of nitrogens with one attached hydrogen (secondary N) is 3. The molecule has 3 heterocycles. The molecule has 0 aromatic carbocycles. The maximum Gasteiger partial charge on any atom is 1.00 e. The third-order valence-corrected chi connectivity index (χ3v) is 4.48. The summed E-state index contributed by atoms with van der Waals surface area (Å²) in [5.74, 6) is -2.54. The summed E-state index contributed by atoms with van der Waals surface area (Å²) in [5, 5.41) is 39.9. The number of fused-ring (bicyclic) bond motifs is 1. The van der Waals surface area contributed by atoms with Crippen LogP contribution in [0.2, 0.25) is 0 Å². The Morgan fingerprint density at radius 3 is 2.16 bits per heavy atom. The van der Waals surface area contributed by atoms with E-state index in [0.717, 1.165) is 18.5 Å². The minimum absolute atomic E-state index is 0. The van der Waals surface area contributed by atoms with Crippen LogP contribution in [-0.4, -0.2) is 87.2 Å². The molecule has 0 aliphatic rings. The zero-order valence-corrected chi connectivity index (χ0v) is 22.8. The molecule has 0 aliphatic carbocycles. The number of hydrogen-bond acceptors (Lipinski definition) is 17. The smallest absolute Gasteiger partial charge is 0.464 e. The molecule has 0 saturated carbocycles. The number of aromatic nitrogens is 8. The van der Waals surface area contributed by atoms with Gasteiger partial charge in [-0.2, -0.15) is 14.5 Å². The van der Waals surface area contributed by atoms with Gasteiger partial charge in [0.05, 0.1) is 12.2 Å². The average molecular weight is 572 g/mol. The Hall–Kier alpha value is -3.34. The number of carbonyl (C=O) groups is 2. The molecule has 37 heavy (non-hydrogen) atoms. The minimum Gasteiger partial charge on any atom is -0.464 e. The average Bonchev–Trinajstić information content (AvgIpc) is 3.46. The van der Waals surface area contributed by atoms with Gasteiger partial charge in [-0.05, 0) is 17.4 Å². The molecule has 0 aliphatic heterocycles. The number of ketones is 1. The van der Waals surface area contributed by atoms with E-state index in [9.17, 15) is 34.6 Å². The summed E-state index contributed by atoms with van der Waals surface area (Å²) in [6.45, 7) is 0.963. The van der Waals surface area contributed by atoms with Crippen molar-refractivity contribution in [3.05, 3.63) is 30.6 Å². The van der Waals surface area contributed by atoms with E-state index in [-0.39, 0.29) is 48.7 Å². The normalized spacial score (nSPS) is 10.2. The van der Waals surface area contributed by atoms with E-state index in [0.29, 0.717) is 10.3 Å². The van der Waals surface area contributed by atoms with Gasteiger partial charge in [-0.25, -0.2) is 15.4 Å². The second-order valence-electron chi connectivity index (χ2n) is 5.53. The molecule has 0 spiro atoms. The number of methoxy groups -OCH3 is 1. The Morgan fingerprint density at radius 1 is 1.19 bits per heavy atom. The van der Waals surface area contributed by atoms with Crippen LogP contribution in [0.4, 0.5) is 11.8 Å². The van der Waals surface area contributed by atoms with E-state index < -0.39 is 39.0 Å². The molecule has 3 rings (SSSR count). The van der Waals surface area contributed by atoms with Gasteiger partial charge in [-0.15, -0.1) is 10.2 Å².